The van der Waals surface area contributed by atoms with E-state index in [2.05, 4.69) is 19.1 Å². The summed E-state index contributed by atoms with van der Waals surface area (Å²) in [4.78, 5) is 11.6. The Kier molecular flexibility index (Phi) is 4.11. The maximum atomic E-state index is 11.6. The number of benzene rings is 1. The van der Waals surface area contributed by atoms with Crippen molar-refractivity contribution in [3.8, 4) is 12.3 Å². The first kappa shape index (κ1) is 11.8. The lowest BCUT2D eigenvalue weighted by Crippen LogP contribution is -2.13. The SMILES string of the molecule is C#CC(C=C)OC(=O)c1ccc(C=C)cc1. The lowest BCUT2D eigenvalue weighted by Gasteiger charge is -2.07. The zero-order valence-corrected chi connectivity index (χ0v) is 8.85. The summed E-state index contributed by atoms with van der Waals surface area (Å²) in [5.74, 6) is 1.84. The molecule has 1 aromatic carbocycles. The van der Waals surface area contributed by atoms with Gasteiger partial charge in [0, 0.05) is 0 Å². The Morgan fingerprint density at radius 3 is 2.44 bits per heavy atom. The molecule has 1 atom stereocenters. The molecule has 0 aliphatic heterocycles. The minimum atomic E-state index is -0.688. The first-order valence-corrected chi connectivity index (χ1v) is 4.73. The summed E-state index contributed by atoms with van der Waals surface area (Å²) in [5, 5.41) is 0. The van der Waals surface area contributed by atoms with E-state index in [1.165, 1.54) is 6.08 Å². The number of esters is 1. The van der Waals surface area contributed by atoms with E-state index in [0.717, 1.165) is 5.56 Å². The normalized spacial score (nSPS) is 10.9. The average molecular weight is 212 g/mol. The van der Waals surface area contributed by atoms with Gasteiger partial charge in [-0.1, -0.05) is 37.3 Å². The van der Waals surface area contributed by atoms with Gasteiger partial charge in [-0.25, -0.2) is 4.79 Å². The van der Waals surface area contributed by atoms with Crippen molar-refractivity contribution in [3.63, 3.8) is 0 Å². The fraction of sp³-hybridized carbons (Fsp3) is 0.0714. The quantitative estimate of drug-likeness (QED) is 0.435. The van der Waals surface area contributed by atoms with E-state index in [9.17, 15) is 4.79 Å². The highest BCUT2D eigenvalue weighted by Gasteiger charge is 2.10. The van der Waals surface area contributed by atoms with E-state index in [1.54, 1.807) is 30.3 Å². The maximum Gasteiger partial charge on any atom is 0.339 e. The fourth-order valence-electron chi connectivity index (χ4n) is 1.09. The Labute approximate surface area is 95.2 Å². The zero-order valence-electron chi connectivity index (χ0n) is 8.85. The molecule has 0 radical (unpaired) electrons. The van der Waals surface area contributed by atoms with Crippen LogP contribution in [0.3, 0.4) is 0 Å². The number of hydrogen-bond acceptors (Lipinski definition) is 2. The first-order valence-electron chi connectivity index (χ1n) is 4.73. The van der Waals surface area contributed by atoms with Gasteiger partial charge in [-0.2, -0.15) is 0 Å². The van der Waals surface area contributed by atoms with Crippen molar-refractivity contribution in [2.45, 2.75) is 6.10 Å². The largest absolute Gasteiger partial charge is 0.441 e. The lowest BCUT2D eigenvalue weighted by molar-refractivity contribution is 0.0475. The highest BCUT2D eigenvalue weighted by molar-refractivity contribution is 5.90. The molecule has 0 aliphatic rings. The number of terminal acetylenes is 1. The van der Waals surface area contributed by atoms with Crippen molar-refractivity contribution >= 4 is 12.0 Å². The summed E-state index contributed by atoms with van der Waals surface area (Å²) in [6.07, 6.45) is 7.55. The molecule has 0 N–H and O–H groups in total. The second-order valence-electron chi connectivity index (χ2n) is 3.05. The van der Waals surface area contributed by atoms with E-state index in [-0.39, 0.29) is 0 Å². The maximum absolute atomic E-state index is 11.6. The highest BCUT2D eigenvalue weighted by Crippen LogP contribution is 2.08. The van der Waals surface area contributed by atoms with Gasteiger partial charge in [0.25, 0.3) is 0 Å². The van der Waals surface area contributed by atoms with Gasteiger partial charge in [-0.05, 0) is 23.8 Å². The third kappa shape index (κ3) is 2.86. The van der Waals surface area contributed by atoms with Crippen LogP contribution in [0.1, 0.15) is 15.9 Å². The first-order chi connectivity index (χ1) is 7.71. The van der Waals surface area contributed by atoms with Crippen molar-refractivity contribution in [1.82, 2.24) is 0 Å². The van der Waals surface area contributed by atoms with Crippen LogP contribution >= 0.6 is 0 Å². The van der Waals surface area contributed by atoms with Gasteiger partial charge in [0.05, 0.1) is 5.56 Å². The Balaban J connectivity index is 2.77. The number of ether oxygens (including phenoxy) is 1. The molecule has 0 saturated carbocycles. The average Bonchev–Trinajstić information content (AvgIpc) is 2.35. The van der Waals surface area contributed by atoms with Gasteiger partial charge in [-0.15, -0.1) is 6.42 Å². The molecule has 16 heavy (non-hydrogen) atoms. The van der Waals surface area contributed by atoms with Crippen LogP contribution in [0.4, 0.5) is 0 Å². The molecule has 1 unspecified atom stereocenters. The van der Waals surface area contributed by atoms with Crippen molar-refractivity contribution in [3.05, 3.63) is 54.6 Å². The van der Waals surface area contributed by atoms with Crippen LogP contribution < -0.4 is 0 Å². The summed E-state index contributed by atoms with van der Waals surface area (Å²) in [7, 11) is 0. The smallest absolute Gasteiger partial charge is 0.339 e. The second-order valence-corrected chi connectivity index (χ2v) is 3.05. The van der Waals surface area contributed by atoms with Gasteiger partial charge in [0.1, 0.15) is 0 Å². The monoisotopic (exact) mass is 212 g/mol. The predicted octanol–water partition coefficient (Wildman–Crippen LogP) is 2.67. The Morgan fingerprint density at radius 1 is 1.38 bits per heavy atom. The van der Waals surface area contributed by atoms with Gasteiger partial charge < -0.3 is 4.74 Å². The molecule has 0 amide bonds. The minimum absolute atomic E-state index is 0.452. The predicted molar refractivity (Wildman–Crippen MR) is 64.8 cm³/mol. The zero-order chi connectivity index (χ0) is 12.0. The van der Waals surface area contributed by atoms with Crippen LogP contribution in [-0.4, -0.2) is 12.1 Å². The molecular formula is C14H12O2. The molecule has 2 heteroatoms. The van der Waals surface area contributed by atoms with E-state index in [1.807, 2.05) is 0 Å². The van der Waals surface area contributed by atoms with Crippen LogP contribution in [0.2, 0.25) is 0 Å². The van der Waals surface area contributed by atoms with E-state index in [4.69, 9.17) is 11.2 Å². The molecule has 1 rings (SSSR count). The molecule has 0 aromatic heterocycles. The fourth-order valence-corrected chi connectivity index (χ4v) is 1.09. The molecule has 0 fully saturated rings. The highest BCUT2D eigenvalue weighted by atomic mass is 16.5. The molecule has 0 heterocycles. The Bertz CT molecular complexity index is 435. The topological polar surface area (TPSA) is 26.3 Å². The summed E-state index contributed by atoms with van der Waals surface area (Å²) < 4.78 is 4.99. The number of hydrogen-bond donors (Lipinski definition) is 0. The van der Waals surface area contributed by atoms with Crippen LogP contribution in [-0.2, 0) is 4.74 Å². The van der Waals surface area contributed by atoms with Crippen LogP contribution in [0, 0.1) is 12.3 Å². The lowest BCUT2D eigenvalue weighted by atomic mass is 10.1. The van der Waals surface area contributed by atoms with Crippen molar-refractivity contribution in [1.29, 1.82) is 0 Å². The number of carbonyl (C=O) groups is 1. The van der Waals surface area contributed by atoms with Gasteiger partial charge in [-0.3, -0.25) is 0 Å². The minimum Gasteiger partial charge on any atom is -0.441 e. The number of rotatable bonds is 4. The van der Waals surface area contributed by atoms with Gasteiger partial charge in [0.15, 0.2) is 6.10 Å². The molecular weight excluding hydrogens is 200 g/mol. The van der Waals surface area contributed by atoms with E-state index >= 15 is 0 Å². The van der Waals surface area contributed by atoms with E-state index < -0.39 is 12.1 Å². The Morgan fingerprint density at radius 2 is 2.00 bits per heavy atom. The molecule has 1 aromatic rings. The standard InChI is InChI=1S/C14H12O2/c1-4-11-7-9-12(10-8-11)14(15)16-13(5-2)6-3/h2,4,6-10,13H,1,3H2. The molecule has 0 spiro atoms. The third-order valence-electron chi connectivity index (χ3n) is 1.99. The summed E-state index contributed by atoms with van der Waals surface area (Å²) in [6.45, 7) is 7.10. The molecule has 0 bridgehead atoms. The van der Waals surface area contributed by atoms with Gasteiger partial charge >= 0.3 is 5.97 Å². The van der Waals surface area contributed by atoms with Crippen molar-refractivity contribution in [2.24, 2.45) is 0 Å². The molecule has 80 valence electrons. The molecule has 0 saturated heterocycles. The van der Waals surface area contributed by atoms with Crippen molar-refractivity contribution in [2.75, 3.05) is 0 Å². The van der Waals surface area contributed by atoms with Gasteiger partial charge in [0.2, 0.25) is 0 Å². The second kappa shape index (κ2) is 5.57. The van der Waals surface area contributed by atoms with Crippen LogP contribution in [0.5, 0.6) is 0 Å². The van der Waals surface area contributed by atoms with Crippen LogP contribution in [0.15, 0.2) is 43.5 Å². The third-order valence-corrected chi connectivity index (χ3v) is 1.99. The van der Waals surface area contributed by atoms with E-state index in [0.29, 0.717) is 5.56 Å². The number of carbonyl (C=O) groups excluding carboxylic acids is 1. The Hall–Kier alpha value is -2.27. The summed E-state index contributed by atoms with van der Waals surface area (Å²) in [5.41, 5.74) is 1.39. The van der Waals surface area contributed by atoms with Crippen LogP contribution in [0.25, 0.3) is 6.08 Å². The van der Waals surface area contributed by atoms with Crippen molar-refractivity contribution < 1.29 is 9.53 Å². The summed E-state index contributed by atoms with van der Waals surface area (Å²) >= 11 is 0. The summed E-state index contributed by atoms with van der Waals surface area (Å²) in [6, 6.07) is 6.89. The molecule has 0 aliphatic carbocycles. The molecule has 2 nitrogen and oxygen atoms in total.